The number of alkyl halides is 3. The molecule has 0 aliphatic rings. The van der Waals surface area contributed by atoms with Gasteiger partial charge in [-0.15, -0.1) is 0 Å². The summed E-state index contributed by atoms with van der Waals surface area (Å²) >= 11 is 0. The standard InChI is InChI=1S/C6H5F3N4O3/c7-6(8,9)2-12-1-3(13(15)16)4(11-12)5(10)14/h1H,2H2,(H2,10,14). The molecule has 88 valence electrons. The van der Waals surface area contributed by atoms with E-state index in [0.717, 1.165) is 0 Å². The summed E-state index contributed by atoms with van der Waals surface area (Å²) in [5, 5.41) is 13.5. The second-order valence-electron chi connectivity index (χ2n) is 2.80. The van der Waals surface area contributed by atoms with Crippen LogP contribution in [0.15, 0.2) is 6.20 Å². The van der Waals surface area contributed by atoms with Crippen LogP contribution in [0.2, 0.25) is 0 Å². The molecule has 10 heteroatoms. The first-order valence-corrected chi connectivity index (χ1v) is 3.79. The molecule has 0 fully saturated rings. The molecule has 0 unspecified atom stereocenters. The second kappa shape index (κ2) is 3.79. The maximum Gasteiger partial charge on any atom is 0.408 e. The van der Waals surface area contributed by atoms with Crippen molar-refractivity contribution in [3.05, 3.63) is 22.0 Å². The zero-order valence-corrected chi connectivity index (χ0v) is 7.56. The Hall–Kier alpha value is -2.13. The molecule has 0 saturated heterocycles. The number of carbonyl (C=O) groups is 1. The predicted molar refractivity (Wildman–Crippen MR) is 43.5 cm³/mol. The van der Waals surface area contributed by atoms with Gasteiger partial charge >= 0.3 is 11.9 Å². The van der Waals surface area contributed by atoms with E-state index in [4.69, 9.17) is 5.73 Å². The van der Waals surface area contributed by atoms with Crippen molar-refractivity contribution in [2.24, 2.45) is 5.73 Å². The molecule has 0 aliphatic heterocycles. The molecule has 2 N–H and O–H groups in total. The Bertz CT molecular complexity index is 407. The maximum absolute atomic E-state index is 11.9. The third-order valence-corrected chi connectivity index (χ3v) is 1.51. The summed E-state index contributed by atoms with van der Waals surface area (Å²) in [7, 11) is 0. The molecule has 1 rings (SSSR count). The summed E-state index contributed by atoms with van der Waals surface area (Å²) in [5.41, 5.74) is 3.08. The van der Waals surface area contributed by atoms with Crippen molar-refractivity contribution in [1.29, 1.82) is 0 Å². The third kappa shape index (κ3) is 2.68. The smallest absolute Gasteiger partial charge is 0.364 e. The highest BCUT2D eigenvalue weighted by atomic mass is 19.4. The number of halogens is 3. The largest absolute Gasteiger partial charge is 0.408 e. The Morgan fingerprint density at radius 1 is 1.62 bits per heavy atom. The molecular weight excluding hydrogens is 233 g/mol. The van der Waals surface area contributed by atoms with Gasteiger partial charge in [0.25, 0.3) is 5.91 Å². The van der Waals surface area contributed by atoms with Gasteiger partial charge in [-0.25, -0.2) is 0 Å². The maximum atomic E-state index is 11.9. The van der Waals surface area contributed by atoms with Gasteiger partial charge in [-0.2, -0.15) is 18.3 Å². The fourth-order valence-electron chi connectivity index (χ4n) is 0.985. The zero-order chi connectivity index (χ0) is 12.5. The van der Waals surface area contributed by atoms with Gasteiger partial charge in [-0.05, 0) is 0 Å². The minimum Gasteiger partial charge on any atom is -0.364 e. The van der Waals surface area contributed by atoms with Gasteiger partial charge in [0.1, 0.15) is 12.7 Å². The second-order valence-corrected chi connectivity index (χ2v) is 2.80. The highest BCUT2D eigenvalue weighted by molar-refractivity contribution is 5.94. The highest BCUT2D eigenvalue weighted by Crippen LogP contribution is 2.21. The fraction of sp³-hybridized carbons (Fsp3) is 0.333. The molecule has 1 amide bonds. The molecule has 0 radical (unpaired) electrons. The van der Waals surface area contributed by atoms with Crippen LogP contribution in [0.5, 0.6) is 0 Å². The summed E-state index contributed by atoms with van der Waals surface area (Å²) in [6, 6.07) is 0. The summed E-state index contributed by atoms with van der Waals surface area (Å²) < 4.78 is 36.1. The van der Waals surface area contributed by atoms with Crippen molar-refractivity contribution >= 4 is 11.6 Å². The topological polar surface area (TPSA) is 104 Å². The molecule has 7 nitrogen and oxygen atoms in total. The van der Waals surface area contributed by atoms with E-state index in [9.17, 15) is 28.1 Å². The van der Waals surface area contributed by atoms with Crippen molar-refractivity contribution < 1.29 is 22.9 Å². The van der Waals surface area contributed by atoms with Crippen LogP contribution in [0.25, 0.3) is 0 Å². The summed E-state index contributed by atoms with van der Waals surface area (Å²) in [5.74, 6) is -1.26. The van der Waals surface area contributed by atoms with Crippen LogP contribution in [0, 0.1) is 10.1 Å². The monoisotopic (exact) mass is 238 g/mol. The van der Waals surface area contributed by atoms with Crippen LogP contribution in [-0.4, -0.2) is 26.8 Å². The fourth-order valence-corrected chi connectivity index (χ4v) is 0.985. The molecule has 1 heterocycles. The van der Waals surface area contributed by atoms with E-state index in [0.29, 0.717) is 6.20 Å². The lowest BCUT2D eigenvalue weighted by Crippen LogP contribution is -2.19. The van der Waals surface area contributed by atoms with Crippen molar-refractivity contribution in [2.75, 3.05) is 0 Å². The SMILES string of the molecule is NC(=O)c1nn(CC(F)(F)F)cc1[N+](=O)[O-]. The molecule has 0 saturated carbocycles. The van der Waals surface area contributed by atoms with E-state index in [-0.39, 0.29) is 4.68 Å². The number of primary amides is 1. The van der Waals surface area contributed by atoms with E-state index < -0.39 is 34.9 Å². The Balaban J connectivity index is 3.12. The molecule has 0 atom stereocenters. The first-order chi connectivity index (χ1) is 7.20. The molecule has 1 aromatic heterocycles. The predicted octanol–water partition coefficient (Wildman–Crippen LogP) is 0.452. The Kier molecular flexibility index (Phi) is 2.83. The van der Waals surface area contributed by atoms with Gasteiger partial charge in [0.2, 0.25) is 5.69 Å². The Morgan fingerprint density at radius 3 is 2.50 bits per heavy atom. The van der Waals surface area contributed by atoms with Crippen LogP contribution in [0.1, 0.15) is 10.5 Å². The van der Waals surface area contributed by atoms with E-state index in [2.05, 4.69) is 5.10 Å². The average molecular weight is 238 g/mol. The van der Waals surface area contributed by atoms with Gasteiger partial charge in [0.15, 0.2) is 0 Å². The number of hydrogen-bond donors (Lipinski definition) is 1. The summed E-state index contributed by atoms with van der Waals surface area (Å²) in [6.45, 7) is -1.53. The van der Waals surface area contributed by atoms with Gasteiger partial charge in [-0.1, -0.05) is 0 Å². The van der Waals surface area contributed by atoms with Gasteiger partial charge < -0.3 is 5.73 Å². The van der Waals surface area contributed by atoms with Crippen LogP contribution < -0.4 is 5.73 Å². The van der Waals surface area contributed by atoms with Crippen molar-refractivity contribution in [1.82, 2.24) is 9.78 Å². The number of hydrogen-bond acceptors (Lipinski definition) is 4. The lowest BCUT2D eigenvalue weighted by Gasteiger charge is -2.04. The number of aromatic nitrogens is 2. The molecule has 0 spiro atoms. The normalized spacial score (nSPS) is 11.4. The van der Waals surface area contributed by atoms with Crippen LogP contribution in [0.4, 0.5) is 18.9 Å². The molecular formula is C6H5F3N4O3. The number of rotatable bonds is 3. The molecule has 0 bridgehead atoms. The average Bonchev–Trinajstić information content (AvgIpc) is 2.44. The number of nitrogens with two attached hydrogens (primary N) is 1. The van der Waals surface area contributed by atoms with Crippen LogP contribution in [0.3, 0.4) is 0 Å². The van der Waals surface area contributed by atoms with E-state index in [1.807, 2.05) is 0 Å². The number of carbonyl (C=O) groups excluding carboxylic acids is 1. The number of nitro groups is 1. The van der Waals surface area contributed by atoms with Gasteiger partial charge in [0.05, 0.1) is 4.92 Å². The minimum atomic E-state index is -4.59. The van der Waals surface area contributed by atoms with Crippen LogP contribution >= 0.6 is 0 Å². The molecule has 1 aromatic rings. The van der Waals surface area contributed by atoms with Crippen molar-refractivity contribution in [2.45, 2.75) is 12.7 Å². The van der Waals surface area contributed by atoms with E-state index >= 15 is 0 Å². The quantitative estimate of drug-likeness (QED) is 0.609. The number of nitrogens with zero attached hydrogens (tertiary/aromatic N) is 3. The Morgan fingerprint density at radius 2 is 2.19 bits per heavy atom. The first kappa shape index (κ1) is 11.9. The van der Waals surface area contributed by atoms with Crippen LogP contribution in [-0.2, 0) is 6.54 Å². The lowest BCUT2D eigenvalue weighted by atomic mass is 10.4. The first-order valence-electron chi connectivity index (χ1n) is 3.79. The molecule has 0 aliphatic carbocycles. The third-order valence-electron chi connectivity index (χ3n) is 1.51. The van der Waals surface area contributed by atoms with Gasteiger partial charge in [-0.3, -0.25) is 19.6 Å². The summed E-state index contributed by atoms with van der Waals surface area (Å²) in [4.78, 5) is 20.0. The summed E-state index contributed by atoms with van der Waals surface area (Å²) in [6.07, 6.45) is -4.08. The van der Waals surface area contributed by atoms with Gasteiger partial charge in [0, 0.05) is 0 Å². The zero-order valence-electron chi connectivity index (χ0n) is 7.56. The van der Waals surface area contributed by atoms with E-state index in [1.165, 1.54) is 0 Å². The molecule has 16 heavy (non-hydrogen) atoms. The molecule has 0 aromatic carbocycles. The van der Waals surface area contributed by atoms with E-state index in [1.54, 1.807) is 0 Å². The minimum absolute atomic E-state index is 0.248. The number of amides is 1. The lowest BCUT2D eigenvalue weighted by molar-refractivity contribution is -0.385. The van der Waals surface area contributed by atoms with Crippen molar-refractivity contribution in [3.8, 4) is 0 Å². The van der Waals surface area contributed by atoms with Crippen molar-refractivity contribution in [3.63, 3.8) is 0 Å². The Labute approximate surface area is 85.8 Å². The highest BCUT2D eigenvalue weighted by Gasteiger charge is 2.31.